The van der Waals surface area contributed by atoms with Crippen LogP contribution in [0.25, 0.3) is 10.9 Å². The molecule has 4 atom stereocenters. The zero-order valence-corrected chi connectivity index (χ0v) is 15.6. The number of ether oxygens (including phenoxy) is 2. The van der Waals surface area contributed by atoms with Gasteiger partial charge in [0.2, 0.25) is 0 Å². The molecule has 0 bridgehead atoms. The predicted molar refractivity (Wildman–Crippen MR) is 101 cm³/mol. The van der Waals surface area contributed by atoms with Gasteiger partial charge >= 0.3 is 5.97 Å². The molecule has 3 aliphatic rings. The number of carboxylic acids is 1. The van der Waals surface area contributed by atoms with Crippen LogP contribution in [0.3, 0.4) is 0 Å². The van der Waals surface area contributed by atoms with Crippen LogP contribution in [0.15, 0.2) is 30.0 Å². The fourth-order valence-corrected chi connectivity index (χ4v) is 5.23. The van der Waals surface area contributed by atoms with Gasteiger partial charge in [0.25, 0.3) is 0 Å². The van der Waals surface area contributed by atoms with Crippen molar-refractivity contribution in [1.82, 2.24) is 9.88 Å². The van der Waals surface area contributed by atoms with E-state index in [-0.39, 0.29) is 24.0 Å². The van der Waals surface area contributed by atoms with Gasteiger partial charge in [0.15, 0.2) is 0 Å². The molecular weight excluding hydrogens is 344 g/mol. The zero-order chi connectivity index (χ0) is 18.7. The molecule has 1 saturated heterocycles. The smallest absolute Gasteiger partial charge is 0.334 e. The van der Waals surface area contributed by atoms with E-state index in [0.29, 0.717) is 5.57 Å². The summed E-state index contributed by atoms with van der Waals surface area (Å²) in [6.45, 7) is 3.92. The minimum Gasteiger partial charge on any atom is -0.497 e. The molecule has 4 heterocycles. The molecular formula is C21H24N2O4. The second-order valence-electron chi connectivity index (χ2n) is 7.92. The summed E-state index contributed by atoms with van der Waals surface area (Å²) in [5.74, 6) is 0.260. The molecule has 6 nitrogen and oxygen atoms in total. The molecule has 0 saturated carbocycles. The lowest BCUT2D eigenvalue weighted by atomic mass is 9.72. The second kappa shape index (κ2) is 6.02. The van der Waals surface area contributed by atoms with E-state index < -0.39 is 5.97 Å². The van der Waals surface area contributed by atoms with Crippen molar-refractivity contribution in [2.45, 2.75) is 31.9 Å². The average molecular weight is 368 g/mol. The zero-order valence-electron chi connectivity index (χ0n) is 15.6. The second-order valence-corrected chi connectivity index (χ2v) is 7.92. The van der Waals surface area contributed by atoms with Crippen molar-refractivity contribution in [2.24, 2.45) is 11.8 Å². The van der Waals surface area contributed by atoms with Crippen LogP contribution in [-0.2, 0) is 16.0 Å². The van der Waals surface area contributed by atoms with E-state index in [1.165, 1.54) is 22.9 Å². The number of fused-ring (bicyclic) bond motifs is 6. The highest BCUT2D eigenvalue weighted by Crippen LogP contribution is 2.47. The number of carboxylic acid groups (broad SMARTS) is 1. The summed E-state index contributed by atoms with van der Waals surface area (Å²) >= 11 is 0. The largest absolute Gasteiger partial charge is 0.497 e. The Kier molecular flexibility index (Phi) is 3.72. The maximum atomic E-state index is 11.7. The first-order chi connectivity index (χ1) is 13.1. The topological polar surface area (TPSA) is 74.8 Å². The van der Waals surface area contributed by atoms with Crippen LogP contribution in [0.5, 0.6) is 5.75 Å². The van der Waals surface area contributed by atoms with E-state index in [1.54, 1.807) is 7.11 Å². The van der Waals surface area contributed by atoms with Crippen LogP contribution in [0.4, 0.5) is 0 Å². The molecule has 27 heavy (non-hydrogen) atoms. The lowest BCUT2D eigenvalue weighted by Crippen LogP contribution is -2.51. The van der Waals surface area contributed by atoms with Crippen LogP contribution < -0.4 is 4.74 Å². The predicted octanol–water partition coefficient (Wildman–Crippen LogP) is 3.10. The lowest BCUT2D eigenvalue weighted by Gasteiger charge is -2.49. The Morgan fingerprint density at radius 1 is 1.41 bits per heavy atom. The lowest BCUT2D eigenvalue weighted by molar-refractivity contribution is -0.135. The maximum absolute atomic E-state index is 11.7. The van der Waals surface area contributed by atoms with Crippen molar-refractivity contribution in [3.05, 3.63) is 41.3 Å². The first-order valence-electron chi connectivity index (χ1n) is 9.58. The fourth-order valence-electron chi connectivity index (χ4n) is 5.23. The summed E-state index contributed by atoms with van der Waals surface area (Å²) in [4.78, 5) is 17.9. The monoisotopic (exact) mass is 368 g/mol. The van der Waals surface area contributed by atoms with Gasteiger partial charge in [0, 0.05) is 41.5 Å². The Balaban J connectivity index is 1.56. The van der Waals surface area contributed by atoms with Gasteiger partial charge in [-0.1, -0.05) is 0 Å². The third-order valence-electron chi connectivity index (χ3n) is 6.67. The summed E-state index contributed by atoms with van der Waals surface area (Å²) < 4.78 is 11.1. The average Bonchev–Trinajstić information content (AvgIpc) is 3.05. The first kappa shape index (κ1) is 16.7. The van der Waals surface area contributed by atoms with Crippen LogP contribution in [0.1, 0.15) is 30.6 Å². The third kappa shape index (κ3) is 2.46. The molecule has 1 aromatic heterocycles. The molecule has 3 aliphatic heterocycles. The van der Waals surface area contributed by atoms with Gasteiger partial charge in [-0.2, -0.15) is 0 Å². The van der Waals surface area contributed by atoms with Crippen molar-refractivity contribution >= 4 is 16.9 Å². The van der Waals surface area contributed by atoms with E-state index in [0.717, 1.165) is 37.2 Å². The van der Waals surface area contributed by atoms with E-state index >= 15 is 0 Å². The Morgan fingerprint density at radius 3 is 3.04 bits per heavy atom. The molecule has 142 valence electrons. The van der Waals surface area contributed by atoms with E-state index in [9.17, 15) is 9.90 Å². The Morgan fingerprint density at radius 2 is 2.26 bits per heavy atom. The van der Waals surface area contributed by atoms with Crippen LogP contribution in [0, 0.1) is 11.8 Å². The third-order valence-corrected chi connectivity index (χ3v) is 6.67. The molecule has 5 rings (SSSR count). The van der Waals surface area contributed by atoms with Gasteiger partial charge in [-0.15, -0.1) is 0 Å². The normalized spacial score (nSPS) is 29.9. The van der Waals surface area contributed by atoms with E-state index in [2.05, 4.69) is 28.9 Å². The van der Waals surface area contributed by atoms with E-state index in [1.807, 2.05) is 6.07 Å². The van der Waals surface area contributed by atoms with Gasteiger partial charge in [-0.25, -0.2) is 4.79 Å². The van der Waals surface area contributed by atoms with Crippen LogP contribution in [0.2, 0.25) is 0 Å². The molecule has 0 amide bonds. The number of methoxy groups -OCH3 is 1. The molecule has 1 aromatic carbocycles. The highest BCUT2D eigenvalue weighted by atomic mass is 16.5. The number of H-pyrrole nitrogens is 1. The first-order valence-corrected chi connectivity index (χ1v) is 9.58. The van der Waals surface area contributed by atoms with Crippen molar-refractivity contribution in [2.75, 3.05) is 20.2 Å². The molecule has 2 N–H and O–H groups in total. The van der Waals surface area contributed by atoms with Gasteiger partial charge in [0.05, 0.1) is 31.1 Å². The molecule has 0 spiro atoms. The molecule has 0 radical (unpaired) electrons. The number of carbonyl (C=O) groups is 1. The van der Waals surface area contributed by atoms with Crippen molar-refractivity contribution in [1.29, 1.82) is 0 Å². The molecule has 2 unspecified atom stereocenters. The Bertz CT molecular complexity index is 947. The molecule has 0 aliphatic carbocycles. The number of nitrogens with one attached hydrogen (secondary N) is 1. The van der Waals surface area contributed by atoms with Crippen LogP contribution >= 0.6 is 0 Å². The maximum Gasteiger partial charge on any atom is 0.334 e. The number of rotatable bonds is 2. The highest BCUT2D eigenvalue weighted by Gasteiger charge is 2.46. The fraction of sp³-hybridized carbons (Fsp3) is 0.476. The minimum atomic E-state index is -0.859. The summed E-state index contributed by atoms with van der Waals surface area (Å²) in [5.41, 5.74) is 4.14. The summed E-state index contributed by atoms with van der Waals surface area (Å²) in [6.07, 6.45) is 3.33. The number of benzene rings is 1. The SMILES string of the molecule is COc1ccc2[nH]c3c(c2c1)CCN1C[C@H]2C(CC31)C(C(=O)O)=CO[C@H]2C. The van der Waals surface area contributed by atoms with Crippen molar-refractivity contribution < 1.29 is 19.4 Å². The Labute approximate surface area is 157 Å². The quantitative estimate of drug-likeness (QED) is 0.852. The summed E-state index contributed by atoms with van der Waals surface area (Å²) in [5, 5.41) is 10.9. The van der Waals surface area contributed by atoms with Crippen molar-refractivity contribution in [3.8, 4) is 5.75 Å². The van der Waals surface area contributed by atoms with Gasteiger partial charge in [-0.05, 0) is 43.5 Å². The minimum absolute atomic E-state index is 0.0272. The number of aromatic nitrogens is 1. The molecule has 1 fully saturated rings. The van der Waals surface area contributed by atoms with Crippen molar-refractivity contribution in [3.63, 3.8) is 0 Å². The highest BCUT2D eigenvalue weighted by molar-refractivity contribution is 5.88. The van der Waals surface area contributed by atoms with Crippen LogP contribution in [-0.4, -0.2) is 47.3 Å². The number of piperidine rings is 1. The number of nitrogens with zero attached hydrogens (tertiary/aromatic N) is 1. The molecule has 6 heteroatoms. The Hall–Kier alpha value is -2.47. The number of hydrogen-bond acceptors (Lipinski definition) is 4. The number of hydrogen-bond donors (Lipinski definition) is 2. The number of aliphatic carboxylic acids is 1. The van der Waals surface area contributed by atoms with E-state index in [4.69, 9.17) is 9.47 Å². The standard InChI is InChI=1S/C21H24N2O4/c1-11-16-9-23-6-5-13-15-7-12(26-2)3-4-18(15)22-20(13)19(23)8-14(16)17(10-27-11)21(24)25/h3-4,7,10-11,14,16,19,22H,5-6,8-9H2,1-2H3,(H,24,25)/t11-,14?,16+,19?/m0/s1. The van der Waals surface area contributed by atoms with Gasteiger partial charge < -0.3 is 19.6 Å². The molecule has 2 aromatic rings. The van der Waals surface area contributed by atoms with Gasteiger partial charge in [0.1, 0.15) is 5.75 Å². The number of aromatic amines is 1. The summed E-state index contributed by atoms with van der Waals surface area (Å²) in [6, 6.07) is 6.37. The van der Waals surface area contributed by atoms with Gasteiger partial charge in [-0.3, -0.25) is 4.90 Å². The summed E-state index contributed by atoms with van der Waals surface area (Å²) in [7, 11) is 1.69.